The van der Waals surface area contributed by atoms with Gasteiger partial charge in [-0.05, 0) is 29.4 Å². The third kappa shape index (κ3) is 4.03. The maximum Gasteiger partial charge on any atom is 0.215 e. The molecule has 0 radical (unpaired) electrons. The normalized spacial score (nSPS) is 18.0. The number of benzene rings is 1. The zero-order valence-electron chi connectivity index (χ0n) is 11.4. The third-order valence-corrected chi connectivity index (χ3v) is 5.19. The number of hydrogen-bond donors (Lipinski definition) is 2. The van der Waals surface area contributed by atoms with Gasteiger partial charge in [0.05, 0.1) is 5.75 Å². The first-order valence-corrected chi connectivity index (χ1v) is 8.33. The molecule has 1 aromatic rings. The minimum absolute atomic E-state index is 0.0356. The van der Waals surface area contributed by atoms with Crippen LogP contribution < -0.4 is 10.5 Å². The van der Waals surface area contributed by atoms with Crippen LogP contribution in [0, 0.1) is 5.41 Å². The standard InChI is InChI=1S/C14H22N2O2S/c1-14(7-2-8-14)11-16-19(17,18)10-13-5-3-12(9-15)4-6-13/h3-6,16H,2,7-11,15H2,1H3. The maximum absolute atomic E-state index is 12.0. The number of rotatable bonds is 6. The van der Waals surface area contributed by atoms with Gasteiger partial charge >= 0.3 is 0 Å². The Hall–Kier alpha value is -0.910. The SMILES string of the molecule is CC1(CNS(=O)(=O)Cc2ccc(CN)cc2)CCC1. The van der Waals surface area contributed by atoms with E-state index in [1.54, 1.807) is 0 Å². The van der Waals surface area contributed by atoms with Gasteiger partial charge in [-0.2, -0.15) is 0 Å². The highest BCUT2D eigenvalue weighted by Crippen LogP contribution is 2.39. The lowest BCUT2D eigenvalue weighted by atomic mass is 9.71. The van der Waals surface area contributed by atoms with E-state index >= 15 is 0 Å². The summed E-state index contributed by atoms with van der Waals surface area (Å²) in [7, 11) is -3.24. The van der Waals surface area contributed by atoms with Crippen LogP contribution in [0.15, 0.2) is 24.3 Å². The van der Waals surface area contributed by atoms with Crippen LogP contribution in [0.3, 0.4) is 0 Å². The third-order valence-electron chi connectivity index (χ3n) is 3.89. The second-order valence-electron chi connectivity index (χ2n) is 5.77. The zero-order chi connectivity index (χ0) is 13.9. The Balaban J connectivity index is 1.92. The Bertz CT molecular complexity index is 519. The molecule has 3 N–H and O–H groups in total. The van der Waals surface area contributed by atoms with Gasteiger partial charge in [0.1, 0.15) is 0 Å². The fourth-order valence-electron chi connectivity index (χ4n) is 2.28. The lowest BCUT2D eigenvalue weighted by Crippen LogP contribution is -2.40. The lowest BCUT2D eigenvalue weighted by molar-refractivity contribution is 0.166. The second kappa shape index (κ2) is 5.61. The van der Waals surface area contributed by atoms with Gasteiger partial charge in [-0.3, -0.25) is 0 Å². The summed E-state index contributed by atoms with van der Waals surface area (Å²) in [5.41, 5.74) is 7.48. The van der Waals surface area contributed by atoms with Gasteiger partial charge in [0, 0.05) is 13.1 Å². The molecule has 2 rings (SSSR count). The van der Waals surface area contributed by atoms with E-state index in [-0.39, 0.29) is 11.2 Å². The molecule has 0 spiro atoms. The van der Waals surface area contributed by atoms with Crippen molar-refractivity contribution in [1.82, 2.24) is 4.72 Å². The lowest BCUT2D eigenvalue weighted by Gasteiger charge is -2.38. The molecule has 0 amide bonds. The van der Waals surface area contributed by atoms with Crippen molar-refractivity contribution in [3.05, 3.63) is 35.4 Å². The van der Waals surface area contributed by atoms with E-state index < -0.39 is 10.0 Å². The molecule has 106 valence electrons. The van der Waals surface area contributed by atoms with Gasteiger partial charge in [0.25, 0.3) is 0 Å². The molecule has 1 fully saturated rings. The van der Waals surface area contributed by atoms with Crippen LogP contribution in [-0.4, -0.2) is 15.0 Å². The van der Waals surface area contributed by atoms with Crippen molar-refractivity contribution >= 4 is 10.0 Å². The van der Waals surface area contributed by atoms with Gasteiger partial charge in [-0.15, -0.1) is 0 Å². The first kappa shape index (κ1) is 14.5. The fourth-order valence-corrected chi connectivity index (χ4v) is 3.59. The number of sulfonamides is 1. The zero-order valence-corrected chi connectivity index (χ0v) is 12.2. The molecule has 1 saturated carbocycles. The quantitative estimate of drug-likeness (QED) is 0.835. The number of hydrogen-bond acceptors (Lipinski definition) is 3. The van der Waals surface area contributed by atoms with E-state index in [0.29, 0.717) is 13.1 Å². The van der Waals surface area contributed by atoms with E-state index in [0.717, 1.165) is 24.0 Å². The monoisotopic (exact) mass is 282 g/mol. The van der Waals surface area contributed by atoms with E-state index in [2.05, 4.69) is 11.6 Å². The molecule has 0 aromatic heterocycles. The highest BCUT2D eigenvalue weighted by atomic mass is 32.2. The van der Waals surface area contributed by atoms with Crippen molar-refractivity contribution in [2.75, 3.05) is 6.54 Å². The maximum atomic E-state index is 12.0. The van der Waals surface area contributed by atoms with Gasteiger partial charge in [-0.25, -0.2) is 13.1 Å². The predicted octanol–water partition coefficient (Wildman–Crippen LogP) is 1.75. The van der Waals surface area contributed by atoms with Crippen LogP contribution in [0.4, 0.5) is 0 Å². The second-order valence-corrected chi connectivity index (χ2v) is 7.57. The Morgan fingerprint density at radius 1 is 1.21 bits per heavy atom. The Kier molecular flexibility index (Phi) is 4.28. The molecular formula is C14H22N2O2S. The molecule has 1 aliphatic rings. The molecule has 1 aromatic carbocycles. The van der Waals surface area contributed by atoms with Crippen molar-refractivity contribution in [2.24, 2.45) is 11.1 Å². The summed E-state index contributed by atoms with van der Waals surface area (Å²) in [6.07, 6.45) is 3.43. The minimum Gasteiger partial charge on any atom is -0.326 e. The van der Waals surface area contributed by atoms with Crippen molar-refractivity contribution < 1.29 is 8.42 Å². The summed E-state index contributed by atoms with van der Waals surface area (Å²) >= 11 is 0. The molecule has 5 heteroatoms. The smallest absolute Gasteiger partial charge is 0.215 e. The van der Waals surface area contributed by atoms with Crippen LogP contribution in [0.5, 0.6) is 0 Å². The summed E-state index contributed by atoms with van der Waals surface area (Å²) in [5, 5.41) is 0. The van der Waals surface area contributed by atoms with E-state index in [1.807, 2.05) is 24.3 Å². The van der Waals surface area contributed by atoms with Crippen LogP contribution in [0.2, 0.25) is 0 Å². The molecule has 1 aliphatic carbocycles. The van der Waals surface area contributed by atoms with Crippen molar-refractivity contribution in [2.45, 2.75) is 38.5 Å². The van der Waals surface area contributed by atoms with Crippen LogP contribution in [0.1, 0.15) is 37.3 Å². The molecule has 0 heterocycles. The Labute approximate surface area is 115 Å². The summed E-state index contributed by atoms with van der Waals surface area (Å²) in [4.78, 5) is 0. The molecule has 0 saturated heterocycles. The summed E-state index contributed by atoms with van der Waals surface area (Å²) in [6.45, 7) is 3.16. The summed E-state index contributed by atoms with van der Waals surface area (Å²) < 4.78 is 26.7. The average Bonchev–Trinajstić information content (AvgIpc) is 2.35. The Morgan fingerprint density at radius 2 is 1.79 bits per heavy atom. The van der Waals surface area contributed by atoms with Crippen molar-refractivity contribution in [3.63, 3.8) is 0 Å². The highest BCUT2D eigenvalue weighted by Gasteiger charge is 2.32. The van der Waals surface area contributed by atoms with Gasteiger partial charge in [0.15, 0.2) is 0 Å². The van der Waals surface area contributed by atoms with Gasteiger partial charge in [-0.1, -0.05) is 37.6 Å². The first-order valence-electron chi connectivity index (χ1n) is 6.68. The fraction of sp³-hybridized carbons (Fsp3) is 0.571. The van der Waals surface area contributed by atoms with Gasteiger partial charge in [0.2, 0.25) is 10.0 Å². The van der Waals surface area contributed by atoms with Crippen LogP contribution in [0.25, 0.3) is 0 Å². The van der Waals surface area contributed by atoms with Crippen molar-refractivity contribution in [3.8, 4) is 0 Å². The highest BCUT2D eigenvalue weighted by molar-refractivity contribution is 7.88. The molecular weight excluding hydrogens is 260 g/mol. The molecule has 4 nitrogen and oxygen atoms in total. The molecule has 0 bridgehead atoms. The van der Waals surface area contributed by atoms with E-state index in [9.17, 15) is 8.42 Å². The molecule has 0 unspecified atom stereocenters. The topological polar surface area (TPSA) is 72.2 Å². The largest absolute Gasteiger partial charge is 0.326 e. The molecule has 0 aliphatic heterocycles. The number of nitrogens with one attached hydrogen (secondary N) is 1. The number of nitrogens with two attached hydrogens (primary N) is 1. The predicted molar refractivity (Wildman–Crippen MR) is 76.9 cm³/mol. The van der Waals surface area contributed by atoms with Crippen molar-refractivity contribution in [1.29, 1.82) is 0 Å². The minimum atomic E-state index is -3.24. The van der Waals surface area contributed by atoms with Crippen LogP contribution >= 0.6 is 0 Å². The Morgan fingerprint density at radius 3 is 2.26 bits per heavy atom. The summed E-state index contributed by atoms with van der Waals surface area (Å²) in [6, 6.07) is 7.40. The molecule has 0 atom stereocenters. The van der Waals surface area contributed by atoms with E-state index in [4.69, 9.17) is 5.73 Å². The van der Waals surface area contributed by atoms with Crippen LogP contribution in [-0.2, 0) is 22.3 Å². The molecule has 19 heavy (non-hydrogen) atoms. The van der Waals surface area contributed by atoms with Gasteiger partial charge < -0.3 is 5.73 Å². The first-order chi connectivity index (χ1) is 8.92. The average molecular weight is 282 g/mol. The van der Waals surface area contributed by atoms with E-state index in [1.165, 1.54) is 6.42 Å². The summed E-state index contributed by atoms with van der Waals surface area (Å²) in [5.74, 6) is 0.0356.